The van der Waals surface area contributed by atoms with Crippen LogP contribution in [0.2, 0.25) is 0 Å². The number of rotatable bonds is 5. The highest BCUT2D eigenvalue weighted by molar-refractivity contribution is 5.38. The SMILES string of the molecule is CCNc1nc(C(OC)C2CCCCC2)nc(C)c1F. The van der Waals surface area contributed by atoms with E-state index >= 15 is 0 Å². The van der Waals surface area contributed by atoms with E-state index in [0.717, 1.165) is 12.8 Å². The lowest BCUT2D eigenvalue weighted by Gasteiger charge is -2.28. The predicted molar refractivity (Wildman–Crippen MR) is 77.2 cm³/mol. The third-order valence-corrected chi connectivity index (χ3v) is 3.96. The third kappa shape index (κ3) is 3.26. The highest BCUT2D eigenvalue weighted by atomic mass is 19.1. The Bertz CT molecular complexity index is 447. The molecule has 1 aliphatic rings. The van der Waals surface area contributed by atoms with Gasteiger partial charge >= 0.3 is 0 Å². The number of nitrogens with one attached hydrogen (secondary N) is 1. The van der Waals surface area contributed by atoms with Crippen molar-refractivity contribution < 1.29 is 9.13 Å². The van der Waals surface area contributed by atoms with Gasteiger partial charge in [0.15, 0.2) is 17.5 Å². The normalized spacial score (nSPS) is 18.0. The summed E-state index contributed by atoms with van der Waals surface area (Å²) in [7, 11) is 1.69. The molecule has 4 nitrogen and oxygen atoms in total. The molecule has 112 valence electrons. The lowest BCUT2D eigenvalue weighted by atomic mass is 9.85. The van der Waals surface area contributed by atoms with Gasteiger partial charge in [0.05, 0.1) is 5.69 Å². The second-order valence-corrected chi connectivity index (χ2v) is 5.41. The first-order valence-corrected chi connectivity index (χ1v) is 7.48. The molecule has 1 N–H and O–H groups in total. The number of hydrogen-bond donors (Lipinski definition) is 1. The van der Waals surface area contributed by atoms with Crippen LogP contribution in [0.1, 0.15) is 56.7 Å². The Kier molecular flexibility index (Phi) is 5.29. The summed E-state index contributed by atoms with van der Waals surface area (Å²) >= 11 is 0. The van der Waals surface area contributed by atoms with Gasteiger partial charge in [-0.3, -0.25) is 0 Å². The van der Waals surface area contributed by atoms with Gasteiger partial charge in [-0.2, -0.15) is 0 Å². The summed E-state index contributed by atoms with van der Waals surface area (Å²) < 4.78 is 19.6. The monoisotopic (exact) mass is 281 g/mol. The molecular weight excluding hydrogens is 257 g/mol. The van der Waals surface area contributed by atoms with E-state index < -0.39 is 0 Å². The highest BCUT2D eigenvalue weighted by Gasteiger charge is 2.28. The number of methoxy groups -OCH3 is 1. The predicted octanol–water partition coefficient (Wildman–Crippen LogP) is 3.62. The van der Waals surface area contributed by atoms with Crippen LogP contribution in [0, 0.1) is 18.7 Å². The molecule has 1 aromatic heterocycles. The Morgan fingerprint density at radius 1 is 1.30 bits per heavy atom. The van der Waals surface area contributed by atoms with Crippen LogP contribution >= 0.6 is 0 Å². The lowest BCUT2D eigenvalue weighted by molar-refractivity contribution is 0.0287. The largest absolute Gasteiger partial charge is 0.373 e. The van der Waals surface area contributed by atoms with Crippen molar-refractivity contribution in [1.82, 2.24) is 9.97 Å². The molecule has 0 radical (unpaired) electrons. The molecule has 5 heteroatoms. The van der Waals surface area contributed by atoms with Crippen LogP contribution in [-0.4, -0.2) is 23.6 Å². The zero-order chi connectivity index (χ0) is 14.5. The average Bonchev–Trinajstić information content (AvgIpc) is 2.46. The fourth-order valence-corrected chi connectivity index (χ4v) is 2.94. The molecule has 20 heavy (non-hydrogen) atoms. The molecule has 1 unspecified atom stereocenters. The first-order chi connectivity index (χ1) is 9.67. The van der Waals surface area contributed by atoms with Crippen molar-refractivity contribution in [2.75, 3.05) is 19.0 Å². The maximum Gasteiger partial charge on any atom is 0.186 e. The maximum atomic E-state index is 13.9. The summed E-state index contributed by atoms with van der Waals surface area (Å²) in [5.41, 5.74) is 0.379. The van der Waals surface area contributed by atoms with Crippen LogP contribution in [0.4, 0.5) is 10.2 Å². The maximum absolute atomic E-state index is 13.9. The summed E-state index contributed by atoms with van der Waals surface area (Å²) in [4.78, 5) is 8.66. The van der Waals surface area contributed by atoms with Crippen molar-refractivity contribution in [2.45, 2.75) is 52.1 Å². The molecular formula is C15H24FN3O. The van der Waals surface area contributed by atoms with Crippen LogP contribution in [0.5, 0.6) is 0 Å². The van der Waals surface area contributed by atoms with Crippen LogP contribution in [-0.2, 0) is 4.74 Å². The van der Waals surface area contributed by atoms with Crippen molar-refractivity contribution >= 4 is 5.82 Å². The van der Waals surface area contributed by atoms with Gasteiger partial charge in [0.25, 0.3) is 0 Å². The fourth-order valence-electron chi connectivity index (χ4n) is 2.94. The van der Waals surface area contributed by atoms with E-state index in [4.69, 9.17) is 4.74 Å². The molecule has 1 saturated carbocycles. The first kappa shape index (κ1) is 15.2. The summed E-state index contributed by atoms with van der Waals surface area (Å²) in [5, 5.41) is 2.96. The average molecular weight is 281 g/mol. The number of anilines is 1. The number of aryl methyl sites for hydroxylation is 1. The van der Waals surface area contributed by atoms with Gasteiger partial charge in [0, 0.05) is 13.7 Å². The minimum atomic E-state index is -0.367. The third-order valence-electron chi connectivity index (χ3n) is 3.96. The number of aromatic nitrogens is 2. The summed E-state index contributed by atoms with van der Waals surface area (Å²) in [6, 6.07) is 0. The van der Waals surface area contributed by atoms with E-state index in [1.165, 1.54) is 19.3 Å². The summed E-state index contributed by atoms with van der Waals surface area (Å²) in [5.74, 6) is 0.962. The van der Waals surface area contributed by atoms with Gasteiger partial charge in [0.1, 0.15) is 6.10 Å². The van der Waals surface area contributed by atoms with Gasteiger partial charge in [-0.1, -0.05) is 19.3 Å². The molecule has 0 aromatic carbocycles. The molecule has 1 aliphatic carbocycles. The quantitative estimate of drug-likeness (QED) is 0.895. The summed E-state index contributed by atoms with van der Waals surface area (Å²) in [6.45, 7) is 4.23. The first-order valence-electron chi connectivity index (χ1n) is 7.48. The standard InChI is InChI=1S/C15H24FN3O/c1-4-17-14-12(16)10(2)18-15(19-14)13(20-3)11-8-6-5-7-9-11/h11,13H,4-9H2,1-3H3,(H,17,18,19). The second-order valence-electron chi connectivity index (χ2n) is 5.41. The van der Waals surface area contributed by atoms with Crippen LogP contribution in [0.25, 0.3) is 0 Å². The number of ether oxygens (including phenoxy) is 1. The van der Waals surface area contributed by atoms with Crippen LogP contribution < -0.4 is 5.32 Å². The van der Waals surface area contributed by atoms with Gasteiger partial charge < -0.3 is 10.1 Å². The van der Waals surface area contributed by atoms with Crippen LogP contribution in [0.3, 0.4) is 0 Å². The Morgan fingerprint density at radius 3 is 2.60 bits per heavy atom. The van der Waals surface area contributed by atoms with E-state index in [9.17, 15) is 4.39 Å². The Labute approximate surface area is 120 Å². The van der Waals surface area contributed by atoms with E-state index in [1.807, 2.05) is 6.92 Å². The smallest absolute Gasteiger partial charge is 0.186 e. The van der Waals surface area contributed by atoms with Crippen molar-refractivity contribution in [3.05, 3.63) is 17.3 Å². The highest BCUT2D eigenvalue weighted by Crippen LogP contribution is 2.35. The van der Waals surface area contributed by atoms with Crippen molar-refractivity contribution in [1.29, 1.82) is 0 Å². The molecule has 0 amide bonds. The molecule has 1 aromatic rings. The Morgan fingerprint density at radius 2 is 2.00 bits per heavy atom. The molecule has 2 rings (SSSR count). The van der Waals surface area contributed by atoms with E-state index in [1.54, 1.807) is 14.0 Å². The number of hydrogen-bond acceptors (Lipinski definition) is 4. The lowest BCUT2D eigenvalue weighted by Crippen LogP contribution is -2.21. The number of halogens is 1. The second kappa shape index (κ2) is 6.97. The fraction of sp³-hybridized carbons (Fsp3) is 0.733. The van der Waals surface area contributed by atoms with Crippen LogP contribution in [0.15, 0.2) is 0 Å². The van der Waals surface area contributed by atoms with Gasteiger partial charge in [-0.05, 0) is 32.6 Å². The molecule has 0 saturated heterocycles. The molecule has 0 spiro atoms. The minimum Gasteiger partial charge on any atom is -0.373 e. The zero-order valence-electron chi connectivity index (χ0n) is 12.6. The number of nitrogens with zero attached hydrogens (tertiary/aromatic N) is 2. The van der Waals surface area contributed by atoms with Crippen molar-refractivity contribution in [3.63, 3.8) is 0 Å². The van der Waals surface area contributed by atoms with Gasteiger partial charge in [-0.25, -0.2) is 14.4 Å². The topological polar surface area (TPSA) is 47.0 Å². The zero-order valence-corrected chi connectivity index (χ0v) is 12.6. The van der Waals surface area contributed by atoms with Gasteiger partial charge in [0.2, 0.25) is 0 Å². The Hall–Kier alpha value is -1.23. The van der Waals surface area contributed by atoms with E-state index in [0.29, 0.717) is 24.0 Å². The molecule has 0 bridgehead atoms. The molecule has 1 heterocycles. The van der Waals surface area contributed by atoms with E-state index in [2.05, 4.69) is 15.3 Å². The molecule has 1 atom stereocenters. The summed E-state index contributed by atoms with van der Waals surface area (Å²) in [6.07, 6.45) is 5.88. The van der Waals surface area contributed by atoms with Crippen molar-refractivity contribution in [2.24, 2.45) is 5.92 Å². The Balaban J connectivity index is 2.28. The molecule has 1 fully saturated rings. The van der Waals surface area contributed by atoms with Crippen molar-refractivity contribution in [3.8, 4) is 0 Å². The van der Waals surface area contributed by atoms with Gasteiger partial charge in [-0.15, -0.1) is 0 Å². The van der Waals surface area contributed by atoms with E-state index in [-0.39, 0.29) is 17.7 Å². The molecule has 0 aliphatic heterocycles. The minimum absolute atomic E-state index is 0.132.